The number of aliphatic carboxylic acids is 1. The Morgan fingerprint density at radius 2 is 1.72 bits per heavy atom. The molecule has 12 nitrogen and oxygen atoms in total. The van der Waals surface area contributed by atoms with Crippen molar-refractivity contribution in [3.8, 4) is 5.75 Å². The molecule has 0 spiro atoms. The van der Waals surface area contributed by atoms with Gasteiger partial charge in [-0.3, -0.25) is 9.59 Å². The molecule has 202 valence electrons. The Kier molecular flexibility index (Phi) is 8.20. The fourth-order valence-electron chi connectivity index (χ4n) is 3.84. The Morgan fingerprint density at radius 1 is 1.00 bits per heavy atom. The van der Waals surface area contributed by atoms with Gasteiger partial charge in [-0.25, -0.2) is 17.9 Å². The molecule has 0 saturated heterocycles. The first-order valence-corrected chi connectivity index (χ1v) is 13.4. The number of hydrogen-bond donors (Lipinski definition) is 3. The van der Waals surface area contributed by atoms with Crippen molar-refractivity contribution in [1.82, 2.24) is 15.0 Å². The molecule has 4 rings (SSSR count). The number of nitrogens with one attached hydrogen (secondary N) is 2. The van der Waals surface area contributed by atoms with Crippen molar-refractivity contribution in [2.75, 3.05) is 17.2 Å². The number of aryl methyl sites for hydroxylation is 1. The summed E-state index contributed by atoms with van der Waals surface area (Å²) in [5.41, 5.74) is 0.664. The normalized spacial score (nSPS) is 12.0. The molecule has 0 aliphatic carbocycles. The van der Waals surface area contributed by atoms with Crippen LogP contribution in [0.2, 0.25) is 0 Å². The van der Waals surface area contributed by atoms with E-state index in [2.05, 4.69) is 20.9 Å². The molecule has 13 heteroatoms. The zero-order valence-corrected chi connectivity index (χ0v) is 21.6. The fraction of sp³-hybridized carbons (Fsp3) is 0.192. The first-order chi connectivity index (χ1) is 18.7. The predicted octanol–water partition coefficient (Wildman–Crippen LogP) is 3.15. The largest absolute Gasteiger partial charge is 0.494 e. The number of fused-ring (bicyclic) bond motifs is 1. The molecule has 0 radical (unpaired) electrons. The summed E-state index contributed by atoms with van der Waals surface area (Å²) >= 11 is 0. The molecule has 1 aromatic heterocycles. The zero-order chi connectivity index (χ0) is 28.0. The third-order valence-corrected chi connectivity index (χ3v) is 7.84. The van der Waals surface area contributed by atoms with E-state index in [-0.39, 0.29) is 22.5 Å². The number of benzene rings is 3. The minimum atomic E-state index is -4.34. The van der Waals surface area contributed by atoms with Crippen LogP contribution in [0.25, 0.3) is 10.9 Å². The molecule has 0 bridgehead atoms. The summed E-state index contributed by atoms with van der Waals surface area (Å²) in [5, 5.41) is 21.1. The van der Waals surface area contributed by atoms with E-state index in [9.17, 15) is 27.9 Å². The highest BCUT2D eigenvalue weighted by Crippen LogP contribution is 2.22. The van der Waals surface area contributed by atoms with Gasteiger partial charge in [-0.2, -0.15) is 0 Å². The van der Waals surface area contributed by atoms with Gasteiger partial charge < -0.3 is 20.5 Å². The summed E-state index contributed by atoms with van der Waals surface area (Å²) in [7, 11) is -4.34. The number of aromatic nitrogens is 3. The molecule has 0 saturated carbocycles. The molecule has 0 aliphatic rings. The van der Waals surface area contributed by atoms with Crippen LogP contribution in [0.15, 0.2) is 82.5 Å². The Bertz CT molecular complexity index is 1670. The number of hydrogen-bond acceptors (Lipinski definition) is 8. The molecule has 3 aromatic carbocycles. The summed E-state index contributed by atoms with van der Waals surface area (Å²) in [6.07, 6.45) is -0.409. The second kappa shape index (κ2) is 11.7. The lowest BCUT2D eigenvalue weighted by molar-refractivity contribution is -0.136. The summed E-state index contributed by atoms with van der Waals surface area (Å²) < 4.78 is 32.6. The number of carbonyl (C=O) groups is 2. The van der Waals surface area contributed by atoms with Crippen LogP contribution in [0.5, 0.6) is 5.75 Å². The maximum Gasteiger partial charge on any atom is 0.323 e. The van der Waals surface area contributed by atoms with E-state index in [1.54, 1.807) is 48.5 Å². The third kappa shape index (κ3) is 6.38. The minimum absolute atomic E-state index is 0.248. The number of carbonyl (C=O) groups excluding carboxylic acids is 1. The molecule has 1 unspecified atom stereocenters. The lowest BCUT2D eigenvalue weighted by Gasteiger charge is -2.15. The third-order valence-electron chi connectivity index (χ3n) is 5.73. The molecule has 1 atom stereocenters. The Labute approximate surface area is 223 Å². The van der Waals surface area contributed by atoms with E-state index in [1.165, 1.54) is 24.3 Å². The van der Waals surface area contributed by atoms with Crippen molar-refractivity contribution < 1.29 is 27.9 Å². The number of ether oxygens (including phenoxy) is 1. The van der Waals surface area contributed by atoms with Crippen LogP contribution in [0.1, 0.15) is 13.3 Å². The van der Waals surface area contributed by atoms with E-state index < -0.39 is 39.1 Å². The van der Waals surface area contributed by atoms with Crippen LogP contribution >= 0.6 is 0 Å². The number of amides is 2. The summed E-state index contributed by atoms with van der Waals surface area (Å²) in [6.45, 7) is 2.05. The maximum absolute atomic E-state index is 13.1. The fourth-order valence-corrected chi connectivity index (χ4v) is 5.36. The first-order valence-electron chi connectivity index (χ1n) is 11.9. The Hall–Kier alpha value is -4.78. The molecule has 4 aromatic rings. The van der Waals surface area contributed by atoms with E-state index >= 15 is 0 Å². The highest BCUT2D eigenvalue weighted by atomic mass is 32.2. The summed E-state index contributed by atoms with van der Waals surface area (Å²) in [6, 6.07) is 17.9. The van der Waals surface area contributed by atoms with Crippen LogP contribution in [-0.4, -0.2) is 52.4 Å². The van der Waals surface area contributed by atoms with Gasteiger partial charge in [-0.05, 0) is 61.9 Å². The molecule has 2 amide bonds. The SMILES string of the molecule is CCOc1cccc(NC(=O)Nc2ccc(S(=O)(=O)C(CCn3nnc4ccccc4c3=O)C(=O)O)cc2)c1. The average molecular weight is 552 g/mol. The molecular weight excluding hydrogens is 526 g/mol. The van der Waals surface area contributed by atoms with E-state index in [4.69, 9.17) is 4.74 Å². The quantitative estimate of drug-likeness (QED) is 0.268. The average Bonchev–Trinajstić information content (AvgIpc) is 2.90. The van der Waals surface area contributed by atoms with Crippen LogP contribution in [0.4, 0.5) is 16.2 Å². The van der Waals surface area contributed by atoms with E-state index in [0.29, 0.717) is 23.6 Å². The van der Waals surface area contributed by atoms with Crippen molar-refractivity contribution in [3.63, 3.8) is 0 Å². The molecular formula is C26H25N5O7S. The number of anilines is 2. The summed E-state index contributed by atoms with van der Waals surface area (Å²) in [4.78, 5) is 36.7. The van der Waals surface area contributed by atoms with Gasteiger partial charge in [0, 0.05) is 24.0 Å². The van der Waals surface area contributed by atoms with Crippen molar-refractivity contribution >= 4 is 44.1 Å². The lowest BCUT2D eigenvalue weighted by atomic mass is 10.2. The Morgan fingerprint density at radius 3 is 2.44 bits per heavy atom. The van der Waals surface area contributed by atoms with Crippen molar-refractivity contribution in [1.29, 1.82) is 0 Å². The zero-order valence-electron chi connectivity index (χ0n) is 20.8. The van der Waals surface area contributed by atoms with Gasteiger partial charge in [-0.1, -0.05) is 23.4 Å². The van der Waals surface area contributed by atoms with Gasteiger partial charge in [0.15, 0.2) is 15.1 Å². The van der Waals surface area contributed by atoms with Crippen molar-refractivity contribution in [2.24, 2.45) is 0 Å². The highest BCUT2D eigenvalue weighted by Gasteiger charge is 2.34. The topological polar surface area (TPSA) is 170 Å². The lowest BCUT2D eigenvalue weighted by Crippen LogP contribution is -2.34. The molecule has 3 N–H and O–H groups in total. The maximum atomic E-state index is 13.1. The standard InChI is InChI=1S/C26H25N5O7S/c1-2-38-19-7-5-6-18(16-19)28-26(35)27-17-10-12-20(13-11-17)39(36,37)23(25(33)34)14-15-31-24(32)21-8-3-4-9-22(21)29-30-31/h3-13,16,23H,2,14-15H2,1H3,(H,33,34)(H2,27,28,35). The summed E-state index contributed by atoms with van der Waals surface area (Å²) in [5.74, 6) is -0.969. The van der Waals surface area contributed by atoms with Gasteiger partial charge >= 0.3 is 12.0 Å². The number of rotatable bonds is 10. The number of carboxylic acid groups (broad SMARTS) is 1. The number of sulfone groups is 1. The smallest absolute Gasteiger partial charge is 0.323 e. The van der Waals surface area contributed by atoms with E-state index in [0.717, 1.165) is 4.68 Å². The first kappa shape index (κ1) is 27.3. The predicted molar refractivity (Wildman–Crippen MR) is 144 cm³/mol. The monoisotopic (exact) mass is 551 g/mol. The molecule has 0 aliphatic heterocycles. The molecule has 1 heterocycles. The molecule has 0 fully saturated rings. The second-order valence-electron chi connectivity index (χ2n) is 8.36. The highest BCUT2D eigenvalue weighted by molar-refractivity contribution is 7.92. The van der Waals surface area contributed by atoms with Gasteiger partial charge in [0.25, 0.3) is 5.56 Å². The van der Waals surface area contributed by atoms with Gasteiger partial charge in [0.1, 0.15) is 11.3 Å². The minimum Gasteiger partial charge on any atom is -0.494 e. The van der Waals surface area contributed by atoms with Gasteiger partial charge in [0.2, 0.25) is 0 Å². The number of nitrogens with zero attached hydrogens (tertiary/aromatic N) is 3. The van der Waals surface area contributed by atoms with Crippen LogP contribution in [0, 0.1) is 0 Å². The van der Waals surface area contributed by atoms with Crippen LogP contribution < -0.4 is 20.9 Å². The number of urea groups is 1. The van der Waals surface area contributed by atoms with Crippen LogP contribution in [-0.2, 0) is 21.2 Å². The van der Waals surface area contributed by atoms with Crippen LogP contribution in [0.3, 0.4) is 0 Å². The Balaban J connectivity index is 1.44. The van der Waals surface area contributed by atoms with Crippen molar-refractivity contribution in [2.45, 2.75) is 30.0 Å². The number of carboxylic acids is 1. The van der Waals surface area contributed by atoms with Gasteiger partial charge in [0.05, 0.1) is 16.9 Å². The van der Waals surface area contributed by atoms with Crippen molar-refractivity contribution in [3.05, 3.63) is 83.2 Å². The van der Waals surface area contributed by atoms with Gasteiger partial charge in [-0.15, -0.1) is 5.10 Å². The van der Waals surface area contributed by atoms with E-state index in [1.807, 2.05) is 6.92 Å². The molecule has 39 heavy (non-hydrogen) atoms. The second-order valence-corrected chi connectivity index (χ2v) is 10.5.